The fraction of sp³-hybridized carbons (Fsp3) is 0.143. The molecule has 0 aliphatic carbocycles. The molecule has 0 aliphatic rings. The summed E-state index contributed by atoms with van der Waals surface area (Å²) in [5.41, 5.74) is 5.58. The highest BCUT2D eigenvalue weighted by atomic mass is 32.1. The molecule has 0 atom stereocenters. The standard InChI is InChI=1S/C7H7N3OS/c1-4-3-10-5(6(8)11)2-9-7(10)12-4/h2-3H,1H3,(H2,8,11). The summed E-state index contributed by atoms with van der Waals surface area (Å²) in [5, 5.41) is 0. The van der Waals surface area contributed by atoms with E-state index >= 15 is 0 Å². The van der Waals surface area contributed by atoms with Crippen LogP contribution in [0, 0.1) is 6.92 Å². The Labute approximate surface area is 72.6 Å². The fourth-order valence-electron chi connectivity index (χ4n) is 1.08. The zero-order valence-corrected chi connectivity index (χ0v) is 7.26. The number of carbonyl (C=O) groups excluding carboxylic acids is 1. The van der Waals surface area contributed by atoms with Crippen molar-refractivity contribution in [1.29, 1.82) is 0 Å². The Balaban J connectivity index is 2.76. The molecule has 0 saturated carbocycles. The number of hydrogen-bond acceptors (Lipinski definition) is 3. The van der Waals surface area contributed by atoms with Crippen LogP contribution in [0.1, 0.15) is 15.4 Å². The number of fused-ring (bicyclic) bond motifs is 1. The van der Waals surface area contributed by atoms with Gasteiger partial charge < -0.3 is 5.73 Å². The van der Waals surface area contributed by atoms with Gasteiger partial charge in [0, 0.05) is 11.1 Å². The Bertz CT molecular complexity index is 442. The van der Waals surface area contributed by atoms with Crippen molar-refractivity contribution >= 4 is 22.2 Å². The van der Waals surface area contributed by atoms with E-state index in [-0.39, 0.29) is 0 Å². The van der Waals surface area contributed by atoms with Crippen LogP contribution in [-0.2, 0) is 0 Å². The van der Waals surface area contributed by atoms with Crippen molar-refractivity contribution in [3.8, 4) is 0 Å². The smallest absolute Gasteiger partial charge is 0.267 e. The van der Waals surface area contributed by atoms with Gasteiger partial charge in [0.05, 0.1) is 6.20 Å². The van der Waals surface area contributed by atoms with Crippen molar-refractivity contribution in [2.45, 2.75) is 6.92 Å². The number of nitrogens with two attached hydrogens (primary N) is 1. The van der Waals surface area contributed by atoms with Gasteiger partial charge in [-0.3, -0.25) is 9.20 Å². The second-order valence-corrected chi connectivity index (χ2v) is 3.72. The molecule has 0 aliphatic heterocycles. The van der Waals surface area contributed by atoms with Gasteiger partial charge in [-0.1, -0.05) is 0 Å². The van der Waals surface area contributed by atoms with Gasteiger partial charge in [-0.25, -0.2) is 4.98 Å². The van der Waals surface area contributed by atoms with Crippen molar-refractivity contribution in [2.75, 3.05) is 0 Å². The van der Waals surface area contributed by atoms with E-state index in [1.165, 1.54) is 17.5 Å². The first-order valence-corrected chi connectivity index (χ1v) is 4.23. The van der Waals surface area contributed by atoms with Gasteiger partial charge in [-0.2, -0.15) is 0 Å². The summed E-state index contributed by atoms with van der Waals surface area (Å²) >= 11 is 1.53. The Hall–Kier alpha value is -1.36. The van der Waals surface area contributed by atoms with E-state index < -0.39 is 5.91 Å². The maximum Gasteiger partial charge on any atom is 0.267 e. The predicted molar refractivity (Wildman–Crippen MR) is 46.3 cm³/mol. The molecule has 0 spiro atoms. The van der Waals surface area contributed by atoms with Gasteiger partial charge in [0.2, 0.25) is 0 Å². The number of rotatable bonds is 1. The third-order valence-corrected chi connectivity index (χ3v) is 2.49. The van der Waals surface area contributed by atoms with E-state index in [2.05, 4.69) is 4.98 Å². The molecule has 2 rings (SSSR count). The van der Waals surface area contributed by atoms with Crippen LogP contribution < -0.4 is 5.73 Å². The second-order valence-electron chi connectivity index (χ2n) is 2.50. The summed E-state index contributed by atoms with van der Waals surface area (Å²) < 4.78 is 1.71. The molecule has 2 aromatic rings. The Kier molecular flexibility index (Phi) is 1.41. The molecule has 62 valence electrons. The van der Waals surface area contributed by atoms with E-state index in [0.717, 1.165) is 9.84 Å². The summed E-state index contributed by atoms with van der Waals surface area (Å²) in [5.74, 6) is -0.444. The van der Waals surface area contributed by atoms with Crippen LogP contribution in [0.4, 0.5) is 0 Å². The lowest BCUT2D eigenvalue weighted by Gasteiger charge is -1.88. The van der Waals surface area contributed by atoms with Crippen LogP contribution in [0.15, 0.2) is 12.4 Å². The molecule has 0 radical (unpaired) electrons. The van der Waals surface area contributed by atoms with E-state index in [1.54, 1.807) is 4.40 Å². The van der Waals surface area contributed by atoms with Crippen molar-refractivity contribution in [3.05, 3.63) is 23.0 Å². The van der Waals surface area contributed by atoms with Crippen LogP contribution in [0.25, 0.3) is 4.96 Å². The van der Waals surface area contributed by atoms with E-state index in [1.807, 2.05) is 13.1 Å². The summed E-state index contributed by atoms with van der Waals surface area (Å²) in [6.45, 7) is 1.96. The molecule has 4 nitrogen and oxygen atoms in total. The number of nitrogens with zero attached hydrogens (tertiary/aromatic N) is 2. The van der Waals surface area contributed by atoms with Gasteiger partial charge in [0.25, 0.3) is 5.91 Å². The maximum absolute atomic E-state index is 10.9. The molecule has 0 bridgehead atoms. The third kappa shape index (κ3) is 0.902. The van der Waals surface area contributed by atoms with Gasteiger partial charge in [0.15, 0.2) is 4.96 Å². The van der Waals surface area contributed by atoms with Crippen LogP contribution in [0.5, 0.6) is 0 Å². The quantitative estimate of drug-likeness (QED) is 0.707. The van der Waals surface area contributed by atoms with E-state index in [9.17, 15) is 4.79 Å². The molecule has 0 saturated heterocycles. The zero-order chi connectivity index (χ0) is 8.72. The predicted octanol–water partition coefficient (Wildman–Crippen LogP) is 0.803. The minimum absolute atomic E-state index is 0.439. The summed E-state index contributed by atoms with van der Waals surface area (Å²) in [6.07, 6.45) is 3.35. The molecule has 12 heavy (non-hydrogen) atoms. The number of primary amides is 1. The average molecular weight is 181 g/mol. The first-order chi connectivity index (χ1) is 5.68. The van der Waals surface area contributed by atoms with Crippen molar-refractivity contribution in [3.63, 3.8) is 0 Å². The number of imidazole rings is 1. The van der Waals surface area contributed by atoms with Crippen LogP contribution >= 0.6 is 11.3 Å². The molecule has 2 heterocycles. The third-order valence-electron chi connectivity index (χ3n) is 1.58. The molecule has 2 aromatic heterocycles. The topological polar surface area (TPSA) is 60.4 Å². The molecule has 2 N–H and O–H groups in total. The first-order valence-electron chi connectivity index (χ1n) is 3.42. The highest BCUT2D eigenvalue weighted by Gasteiger charge is 2.09. The normalized spacial score (nSPS) is 10.8. The Morgan fingerprint density at radius 1 is 1.75 bits per heavy atom. The molecular weight excluding hydrogens is 174 g/mol. The van der Waals surface area contributed by atoms with Crippen LogP contribution in [0.2, 0.25) is 0 Å². The lowest BCUT2D eigenvalue weighted by atomic mass is 10.4. The van der Waals surface area contributed by atoms with Gasteiger partial charge in [-0.05, 0) is 6.92 Å². The summed E-state index contributed by atoms with van der Waals surface area (Å²) in [7, 11) is 0. The van der Waals surface area contributed by atoms with E-state index in [0.29, 0.717) is 5.69 Å². The molecule has 0 fully saturated rings. The number of hydrogen-bond donors (Lipinski definition) is 1. The first kappa shape index (κ1) is 7.30. The molecule has 1 amide bonds. The lowest BCUT2D eigenvalue weighted by molar-refractivity contribution is 0.0995. The van der Waals surface area contributed by atoms with E-state index in [4.69, 9.17) is 5.73 Å². The van der Waals surface area contributed by atoms with Crippen molar-refractivity contribution < 1.29 is 4.79 Å². The minimum Gasteiger partial charge on any atom is -0.364 e. The number of carbonyl (C=O) groups is 1. The minimum atomic E-state index is -0.444. The van der Waals surface area contributed by atoms with Crippen LogP contribution in [0.3, 0.4) is 0 Å². The molecular formula is C7H7N3OS. The van der Waals surface area contributed by atoms with Gasteiger partial charge in [-0.15, -0.1) is 11.3 Å². The average Bonchev–Trinajstić information content (AvgIpc) is 2.43. The van der Waals surface area contributed by atoms with Gasteiger partial charge in [0.1, 0.15) is 5.69 Å². The fourth-order valence-corrected chi connectivity index (χ4v) is 1.88. The van der Waals surface area contributed by atoms with Crippen LogP contribution in [-0.4, -0.2) is 15.3 Å². The monoisotopic (exact) mass is 181 g/mol. The second kappa shape index (κ2) is 2.31. The van der Waals surface area contributed by atoms with Crippen molar-refractivity contribution in [2.24, 2.45) is 5.73 Å². The van der Waals surface area contributed by atoms with Gasteiger partial charge >= 0.3 is 0 Å². The number of aromatic nitrogens is 2. The highest BCUT2D eigenvalue weighted by Crippen LogP contribution is 2.16. The Morgan fingerprint density at radius 2 is 2.50 bits per heavy atom. The SMILES string of the molecule is Cc1cn2c(C(N)=O)cnc2s1. The summed E-state index contributed by atoms with van der Waals surface area (Å²) in [4.78, 5) is 16.8. The Morgan fingerprint density at radius 3 is 3.17 bits per heavy atom. The largest absolute Gasteiger partial charge is 0.364 e. The number of thiazole rings is 1. The number of amides is 1. The molecule has 0 aromatic carbocycles. The molecule has 5 heteroatoms. The highest BCUT2D eigenvalue weighted by molar-refractivity contribution is 7.17. The molecule has 0 unspecified atom stereocenters. The zero-order valence-electron chi connectivity index (χ0n) is 6.44. The lowest BCUT2D eigenvalue weighted by Crippen LogP contribution is -2.12. The number of aryl methyl sites for hydroxylation is 1. The maximum atomic E-state index is 10.9. The summed E-state index contributed by atoms with van der Waals surface area (Å²) in [6, 6.07) is 0. The van der Waals surface area contributed by atoms with Crippen molar-refractivity contribution in [1.82, 2.24) is 9.38 Å².